The molecule has 26 heavy (non-hydrogen) atoms. The summed E-state index contributed by atoms with van der Waals surface area (Å²) in [5.74, 6) is 0.403. The Kier molecular flexibility index (Phi) is 5.96. The number of rotatable bonds is 6. The molecule has 7 heteroatoms. The molecule has 1 heterocycles. The lowest BCUT2D eigenvalue weighted by molar-refractivity contribution is 0.410. The van der Waals surface area contributed by atoms with Gasteiger partial charge in [0.05, 0.1) is 16.6 Å². The van der Waals surface area contributed by atoms with E-state index in [4.69, 9.17) is 11.6 Å². The van der Waals surface area contributed by atoms with Gasteiger partial charge >= 0.3 is 0 Å². The molecule has 0 atom stereocenters. The maximum atomic E-state index is 13.7. The second-order valence-corrected chi connectivity index (χ2v) is 7.68. The van der Waals surface area contributed by atoms with Crippen LogP contribution in [0.4, 0.5) is 4.39 Å². The molecule has 136 valence electrons. The largest absolute Gasteiger partial charge is 0.309 e. The minimum absolute atomic E-state index is 0.229. The van der Waals surface area contributed by atoms with Crippen molar-refractivity contribution in [3.63, 3.8) is 0 Å². The lowest BCUT2D eigenvalue weighted by Crippen LogP contribution is -2.22. The van der Waals surface area contributed by atoms with E-state index in [2.05, 4.69) is 9.88 Å². The number of hydrogen-bond acceptors (Lipinski definition) is 4. The van der Waals surface area contributed by atoms with Gasteiger partial charge in [0, 0.05) is 10.8 Å². The minimum atomic E-state index is -0.394. The Bertz CT molecular complexity index is 990. The molecule has 0 bridgehead atoms. The third-order valence-corrected chi connectivity index (χ3v) is 5.11. The topological polar surface area (TPSA) is 38.1 Å². The number of hydrogen-bond donors (Lipinski definition) is 0. The van der Waals surface area contributed by atoms with Crippen molar-refractivity contribution in [2.24, 2.45) is 0 Å². The molecule has 4 nitrogen and oxygen atoms in total. The molecule has 2 aromatic carbocycles. The predicted molar refractivity (Wildman–Crippen MR) is 106 cm³/mol. The molecule has 0 amide bonds. The van der Waals surface area contributed by atoms with E-state index in [1.807, 2.05) is 14.1 Å². The van der Waals surface area contributed by atoms with Gasteiger partial charge in [-0.05, 0) is 63.5 Å². The van der Waals surface area contributed by atoms with Gasteiger partial charge in [0.25, 0.3) is 5.56 Å². The zero-order chi connectivity index (χ0) is 18.7. The lowest BCUT2D eigenvalue weighted by Gasteiger charge is -2.14. The van der Waals surface area contributed by atoms with Crippen LogP contribution in [0.5, 0.6) is 0 Å². The second kappa shape index (κ2) is 8.20. The van der Waals surface area contributed by atoms with E-state index in [9.17, 15) is 9.18 Å². The molecule has 0 aliphatic carbocycles. The molecule has 0 saturated heterocycles. The number of aromatic nitrogens is 2. The monoisotopic (exact) mass is 391 g/mol. The van der Waals surface area contributed by atoms with Crippen molar-refractivity contribution in [1.29, 1.82) is 0 Å². The van der Waals surface area contributed by atoms with E-state index in [1.165, 1.54) is 28.5 Å². The van der Waals surface area contributed by atoms with Crippen molar-refractivity contribution in [2.75, 3.05) is 26.4 Å². The van der Waals surface area contributed by atoms with Crippen LogP contribution in [0.3, 0.4) is 0 Å². The molecule has 0 aliphatic heterocycles. The quantitative estimate of drug-likeness (QED) is 0.358. The number of benzene rings is 2. The normalized spacial score (nSPS) is 11.4. The van der Waals surface area contributed by atoms with Crippen molar-refractivity contribution < 1.29 is 4.39 Å². The fourth-order valence-corrected chi connectivity index (χ4v) is 3.73. The van der Waals surface area contributed by atoms with Crippen molar-refractivity contribution in [3.8, 4) is 5.69 Å². The van der Waals surface area contributed by atoms with E-state index >= 15 is 0 Å². The van der Waals surface area contributed by atoms with Crippen molar-refractivity contribution >= 4 is 34.3 Å². The molecule has 0 radical (unpaired) electrons. The van der Waals surface area contributed by atoms with Gasteiger partial charge in [0.15, 0.2) is 5.16 Å². The van der Waals surface area contributed by atoms with E-state index in [0.717, 1.165) is 18.7 Å². The van der Waals surface area contributed by atoms with Crippen LogP contribution in [0, 0.1) is 5.82 Å². The number of nitrogens with zero attached hydrogens (tertiary/aromatic N) is 3. The van der Waals surface area contributed by atoms with Gasteiger partial charge in [0.2, 0.25) is 0 Å². The maximum Gasteiger partial charge on any atom is 0.266 e. The van der Waals surface area contributed by atoms with E-state index in [1.54, 1.807) is 30.3 Å². The van der Waals surface area contributed by atoms with Crippen LogP contribution < -0.4 is 5.56 Å². The molecule has 0 unspecified atom stereocenters. The van der Waals surface area contributed by atoms with Crippen LogP contribution in [0.2, 0.25) is 5.02 Å². The van der Waals surface area contributed by atoms with Crippen LogP contribution in [-0.2, 0) is 0 Å². The summed E-state index contributed by atoms with van der Waals surface area (Å²) in [6.07, 6.45) is 0.949. The van der Waals surface area contributed by atoms with E-state index in [0.29, 0.717) is 26.8 Å². The summed E-state index contributed by atoms with van der Waals surface area (Å²) >= 11 is 7.54. The van der Waals surface area contributed by atoms with Gasteiger partial charge in [-0.1, -0.05) is 29.4 Å². The lowest BCUT2D eigenvalue weighted by atomic mass is 10.2. The zero-order valence-corrected chi connectivity index (χ0v) is 16.1. The molecule has 0 fully saturated rings. The Morgan fingerprint density at radius 3 is 2.77 bits per heavy atom. The first-order valence-corrected chi connectivity index (χ1v) is 9.58. The predicted octanol–water partition coefficient (Wildman–Crippen LogP) is 4.22. The molecule has 0 saturated carbocycles. The Hall–Kier alpha value is -1.89. The van der Waals surface area contributed by atoms with Gasteiger partial charge in [-0.3, -0.25) is 9.36 Å². The Morgan fingerprint density at radius 2 is 2.04 bits per heavy atom. The highest BCUT2D eigenvalue weighted by Gasteiger charge is 2.14. The second-order valence-electron chi connectivity index (χ2n) is 6.18. The van der Waals surface area contributed by atoms with Crippen LogP contribution in [-0.4, -0.2) is 40.8 Å². The van der Waals surface area contributed by atoms with Crippen molar-refractivity contribution in [1.82, 2.24) is 14.5 Å². The molecule has 3 aromatic rings. The highest BCUT2D eigenvalue weighted by Crippen LogP contribution is 2.23. The molecule has 0 N–H and O–H groups in total. The maximum absolute atomic E-state index is 13.7. The van der Waals surface area contributed by atoms with Gasteiger partial charge < -0.3 is 4.90 Å². The van der Waals surface area contributed by atoms with Crippen LogP contribution in [0.15, 0.2) is 52.4 Å². The average Bonchev–Trinajstić information content (AvgIpc) is 2.58. The molecular weight excluding hydrogens is 373 g/mol. The van der Waals surface area contributed by atoms with E-state index < -0.39 is 5.82 Å². The average molecular weight is 392 g/mol. The summed E-state index contributed by atoms with van der Waals surface area (Å²) in [6.45, 7) is 0.941. The first kappa shape index (κ1) is 18.9. The summed E-state index contributed by atoms with van der Waals surface area (Å²) in [4.78, 5) is 19.8. The number of fused-ring (bicyclic) bond motifs is 1. The van der Waals surface area contributed by atoms with Crippen LogP contribution in [0.1, 0.15) is 6.42 Å². The fourth-order valence-electron chi connectivity index (χ4n) is 2.62. The fraction of sp³-hybridized carbons (Fsp3) is 0.263. The molecule has 1 aromatic heterocycles. The summed E-state index contributed by atoms with van der Waals surface area (Å²) < 4.78 is 15.2. The Balaban J connectivity index is 2.09. The summed E-state index contributed by atoms with van der Waals surface area (Å²) in [5.41, 5.74) is 0.784. The van der Waals surface area contributed by atoms with E-state index in [-0.39, 0.29) is 5.56 Å². The number of thioether (sulfide) groups is 1. The third-order valence-electron chi connectivity index (χ3n) is 3.85. The zero-order valence-electron chi connectivity index (χ0n) is 14.6. The summed E-state index contributed by atoms with van der Waals surface area (Å²) in [6, 6.07) is 11.0. The van der Waals surface area contributed by atoms with Crippen LogP contribution in [0.25, 0.3) is 16.6 Å². The molecule has 0 spiro atoms. The summed E-state index contributed by atoms with van der Waals surface area (Å²) in [7, 11) is 4.03. The summed E-state index contributed by atoms with van der Waals surface area (Å²) in [5, 5.41) is 1.52. The van der Waals surface area contributed by atoms with Crippen LogP contribution >= 0.6 is 23.4 Å². The van der Waals surface area contributed by atoms with Gasteiger partial charge in [-0.25, -0.2) is 9.37 Å². The molecule has 3 rings (SSSR count). The first-order valence-electron chi connectivity index (χ1n) is 8.21. The highest BCUT2D eigenvalue weighted by atomic mass is 35.5. The highest BCUT2D eigenvalue weighted by molar-refractivity contribution is 7.99. The minimum Gasteiger partial charge on any atom is -0.309 e. The Labute approximate surface area is 160 Å². The van der Waals surface area contributed by atoms with Gasteiger partial charge in [-0.2, -0.15) is 0 Å². The van der Waals surface area contributed by atoms with Crippen molar-refractivity contribution in [3.05, 3.63) is 63.7 Å². The number of halogens is 2. The third kappa shape index (κ3) is 4.26. The molecule has 0 aliphatic rings. The standard InChI is InChI=1S/C19H19ClFN3OS/c1-23(2)9-4-10-26-19-22-17-11-13(20)7-8-16(17)18(25)24(19)15-6-3-5-14(21)12-15/h3,5-8,11-12H,4,9-10H2,1-2H3. The van der Waals surface area contributed by atoms with Crippen molar-refractivity contribution in [2.45, 2.75) is 11.6 Å². The van der Waals surface area contributed by atoms with Gasteiger partial charge in [-0.15, -0.1) is 0 Å². The Morgan fingerprint density at radius 1 is 1.23 bits per heavy atom. The van der Waals surface area contributed by atoms with Gasteiger partial charge in [0.1, 0.15) is 5.82 Å². The first-order chi connectivity index (χ1) is 12.5. The molecular formula is C19H19ClFN3OS. The SMILES string of the molecule is CN(C)CCCSc1nc2cc(Cl)ccc2c(=O)n1-c1cccc(F)c1. The smallest absolute Gasteiger partial charge is 0.266 e.